The zero-order chi connectivity index (χ0) is 9.26. The summed E-state index contributed by atoms with van der Waals surface area (Å²) in [5, 5.41) is 0.415. The molecule has 0 aliphatic rings. The van der Waals surface area contributed by atoms with Gasteiger partial charge in [-0.15, -0.1) is 0 Å². The summed E-state index contributed by atoms with van der Waals surface area (Å²) in [5.41, 5.74) is 6.28. The first-order chi connectivity index (χ1) is 6.27. The van der Waals surface area contributed by atoms with Crippen LogP contribution in [0.2, 0.25) is 5.15 Å². The van der Waals surface area contributed by atoms with E-state index in [4.69, 9.17) is 17.3 Å². The largest absolute Gasteiger partial charge is 0.396 e. The van der Waals surface area contributed by atoms with Crippen molar-refractivity contribution in [1.82, 2.24) is 14.5 Å². The lowest BCUT2D eigenvalue weighted by Gasteiger charge is -2.04. The van der Waals surface area contributed by atoms with Gasteiger partial charge in [-0.1, -0.05) is 11.6 Å². The lowest BCUT2D eigenvalue weighted by atomic mass is 10.4. The average molecular weight is 195 g/mol. The Morgan fingerprint density at radius 1 is 1.38 bits per heavy atom. The van der Waals surface area contributed by atoms with Crippen LogP contribution in [0.4, 0.5) is 5.69 Å². The van der Waals surface area contributed by atoms with E-state index in [0.29, 0.717) is 16.7 Å². The number of halogens is 1. The molecule has 4 nitrogen and oxygen atoms in total. The second-order valence-corrected chi connectivity index (χ2v) is 2.90. The van der Waals surface area contributed by atoms with Crippen LogP contribution in [-0.4, -0.2) is 14.5 Å². The van der Waals surface area contributed by atoms with Crippen molar-refractivity contribution in [3.63, 3.8) is 0 Å². The predicted molar refractivity (Wildman–Crippen MR) is 50.8 cm³/mol. The number of imidazole rings is 1. The van der Waals surface area contributed by atoms with Gasteiger partial charge in [0.2, 0.25) is 0 Å². The molecule has 5 heteroatoms. The van der Waals surface area contributed by atoms with E-state index in [9.17, 15) is 0 Å². The second-order valence-electron chi connectivity index (χ2n) is 2.52. The molecule has 2 N–H and O–H groups in total. The highest BCUT2D eigenvalue weighted by atomic mass is 35.5. The SMILES string of the molecule is Nc1ccc(Cl)nc1-n1ccnc1. The Kier molecular flexibility index (Phi) is 1.90. The molecule has 0 atom stereocenters. The molecule has 0 saturated carbocycles. The Bertz CT molecular complexity index is 410. The van der Waals surface area contributed by atoms with E-state index in [1.54, 1.807) is 35.4 Å². The van der Waals surface area contributed by atoms with E-state index in [1.807, 2.05) is 0 Å². The predicted octanol–water partition coefficient (Wildman–Crippen LogP) is 1.50. The average Bonchev–Trinajstić information content (AvgIpc) is 2.61. The van der Waals surface area contributed by atoms with Gasteiger partial charge in [0.05, 0.1) is 5.69 Å². The van der Waals surface area contributed by atoms with Crippen LogP contribution >= 0.6 is 11.6 Å². The Labute approximate surface area is 80.0 Å². The molecule has 0 fully saturated rings. The molecule has 13 heavy (non-hydrogen) atoms. The molecule has 2 aromatic heterocycles. The van der Waals surface area contributed by atoms with Crippen LogP contribution in [0.15, 0.2) is 30.9 Å². The van der Waals surface area contributed by atoms with Gasteiger partial charge in [0.1, 0.15) is 11.5 Å². The van der Waals surface area contributed by atoms with E-state index in [1.165, 1.54) is 0 Å². The number of nitrogens with zero attached hydrogens (tertiary/aromatic N) is 3. The smallest absolute Gasteiger partial charge is 0.162 e. The standard InChI is InChI=1S/C8H7ClN4/c9-7-2-1-6(10)8(12-7)13-4-3-11-5-13/h1-5H,10H2. The molecule has 0 aliphatic heterocycles. The Morgan fingerprint density at radius 2 is 2.23 bits per heavy atom. The normalized spacial score (nSPS) is 10.2. The van der Waals surface area contributed by atoms with Crippen molar-refractivity contribution in [2.24, 2.45) is 0 Å². The molecule has 0 unspecified atom stereocenters. The first-order valence-electron chi connectivity index (χ1n) is 3.68. The van der Waals surface area contributed by atoms with Gasteiger partial charge in [-0.3, -0.25) is 4.57 Å². The van der Waals surface area contributed by atoms with Crippen molar-refractivity contribution in [2.45, 2.75) is 0 Å². The third-order valence-electron chi connectivity index (χ3n) is 1.62. The molecule has 0 bridgehead atoms. The minimum atomic E-state index is 0.415. The van der Waals surface area contributed by atoms with Crippen molar-refractivity contribution in [3.05, 3.63) is 36.0 Å². The van der Waals surface area contributed by atoms with Crippen molar-refractivity contribution in [1.29, 1.82) is 0 Å². The monoisotopic (exact) mass is 194 g/mol. The lowest BCUT2D eigenvalue weighted by molar-refractivity contribution is 0.997. The summed E-state index contributed by atoms with van der Waals surface area (Å²) in [5.74, 6) is 0.602. The summed E-state index contributed by atoms with van der Waals surface area (Å²) in [6, 6.07) is 3.36. The zero-order valence-corrected chi connectivity index (χ0v) is 7.44. The number of pyridine rings is 1. The Hall–Kier alpha value is -1.55. The van der Waals surface area contributed by atoms with Crippen LogP contribution < -0.4 is 5.73 Å². The summed E-state index contributed by atoms with van der Waals surface area (Å²) in [6.45, 7) is 0. The minimum absolute atomic E-state index is 0.415. The van der Waals surface area contributed by atoms with Gasteiger partial charge in [-0.05, 0) is 12.1 Å². The fourth-order valence-electron chi connectivity index (χ4n) is 1.03. The molecule has 2 heterocycles. The third-order valence-corrected chi connectivity index (χ3v) is 1.83. The van der Waals surface area contributed by atoms with Gasteiger partial charge in [0, 0.05) is 12.4 Å². The van der Waals surface area contributed by atoms with Gasteiger partial charge in [0.25, 0.3) is 0 Å². The molecule has 2 aromatic rings. The number of anilines is 1. The van der Waals surface area contributed by atoms with Gasteiger partial charge in [-0.2, -0.15) is 0 Å². The summed E-state index contributed by atoms with van der Waals surface area (Å²) >= 11 is 5.73. The molecule has 0 aliphatic carbocycles. The van der Waals surface area contributed by atoms with Crippen LogP contribution in [0.1, 0.15) is 0 Å². The fourth-order valence-corrected chi connectivity index (χ4v) is 1.17. The summed E-state index contributed by atoms with van der Waals surface area (Å²) in [4.78, 5) is 7.97. The summed E-state index contributed by atoms with van der Waals surface area (Å²) in [7, 11) is 0. The molecule has 0 amide bonds. The van der Waals surface area contributed by atoms with Crippen molar-refractivity contribution in [3.8, 4) is 5.82 Å². The number of hydrogen-bond acceptors (Lipinski definition) is 3. The fraction of sp³-hybridized carbons (Fsp3) is 0. The third kappa shape index (κ3) is 1.48. The van der Waals surface area contributed by atoms with Crippen molar-refractivity contribution in [2.75, 3.05) is 5.73 Å². The first kappa shape index (κ1) is 8.07. The molecule has 0 saturated heterocycles. The molecule has 0 aromatic carbocycles. The highest BCUT2D eigenvalue weighted by Gasteiger charge is 2.02. The topological polar surface area (TPSA) is 56.7 Å². The van der Waals surface area contributed by atoms with Gasteiger partial charge in [-0.25, -0.2) is 9.97 Å². The van der Waals surface area contributed by atoms with E-state index < -0.39 is 0 Å². The second kappa shape index (κ2) is 3.06. The Balaban J connectivity index is 2.57. The van der Waals surface area contributed by atoms with Crippen LogP contribution in [0.25, 0.3) is 5.82 Å². The number of hydrogen-bond donors (Lipinski definition) is 1. The van der Waals surface area contributed by atoms with Crippen LogP contribution in [0.3, 0.4) is 0 Å². The van der Waals surface area contributed by atoms with Gasteiger partial charge >= 0.3 is 0 Å². The van der Waals surface area contributed by atoms with Crippen LogP contribution in [0, 0.1) is 0 Å². The minimum Gasteiger partial charge on any atom is -0.396 e. The van der Waals surface area contributed by atoms with E-state index in [2.05, 4.69) is 9.97 Å². The number of aromatic nitrogens is 3. The Morgan fingerprint density at radius 3 is 2.92 bits per heavy atom. The van der Waals surface area contributed by atoms with Crippen LogP contribution in [0.5, 0.6) is 0 Å². The molecule has 0 radical (unpaired) electrons. The first-order valence-corrected chi connectivity index (χ1v) is 4.05. The van der Waals surface area contributed by atoms with E-state index in [0.717, 1.165) is 0 Å². The zero-order valence-electron chi connectivity index (χ0n) is 6.68. The molecule has 2 rings (SSSR count). The van der Waals surface area contributed by atoms with E-state index in [-0.39, 0.29) is 0 Å². The molecule has 66 valence electrons. The number of nitrogens with two attached hydrogens (primary N) is 1. The molecular weight excluding hydrogens is 188 g/mol. The maximum atomic E-state index is 5.73. The molecule has 0 spiro atoms. The lowest BCUT2D eigenvalue weighted by Crippen LogP contribution is -2.00. The van der Waals surface area contributed by atoms with Crippen LogP contribution in [-0.2, 0) is 0 Å². The van der Waals surface area contributed by atoms with Gasteiger partial charge in [0.15, 0.2) is 5.82 Å². The van der Waals surface area contributed by atoms with Gasteiger partial charge < -0.3 is 5.73 Å². The quantitative estimate of drug-likeness (QED) is 0.700. The highest BCUT2D eigenvalue weighted by Crippen LogP contribution is 2.16. The van der Waals surface area contributed by atoms with Crippen molar-refractivity contribution < 1.29 is 0 Å². The summed E-state index contributed by atoms with van der Waals surface area (Å²) < 4.78 is 1.71. The molecular formula is C8H7ClN4. The maximum absolute atomic E-state index is 5.73. The maximum Gasteiger partial charge on any atom is 0.162 e. The number of nitrogen functional groups attached to an aromatic ring is 1. The van der Waals surface area contributed by atoms with Crippen molar-refractivity contribution >= 4 is 17.3 Å². The van der Waals surface area contributed by atoms with E-state index >= 15 is 0 Å². The highest BCUT2D eigenvalue weighted by molar-refractivity contribution is 6.29. The summed E-state index contributed by atoms with van der Waals surface area (Å²) in [6.07, 6.45) is 5.03. The number of rotatable bonds is 1.